The van der Waals surface area contributed by atoms with Crippen LogP contribution in [0, 0.1) is 0 Å². The highest BCUT2D eigenvalue weighted by Crippen LogP contribution is 2.31. The summed E-state index contributed by atoms with van der Waals surface area (Å²) >= 11 is 4.88. The van der Waals surface area contributed by atoms with E-state index in [1.807, 2.05) is 43.9 Å². The first kappa shape index (κ1) is 15.4. The maximum absolute atomic E-state index is 12.1. The Morgan fingerprint density at radius 3 is 2.56 bits per heavy atom. The van der Waals surface area contributed by atoms with Gasteiger partial charge in [0.25, 0.3) is 0 Å². The predicted octanol–water partition coefficient (Wildman–Crippen LogP) is 3.38. The molecule has 1 aromatic rings. The Balaban J connectivity index is 2.75. The van der Waals surface area contributed by atoms with Crippen LogP contribution in [0.25, 0.3) is 0 Å². The number of nitrogens with two attached hydrogens (primary N) is 1. The highest BCUT2D eigenvalue weighted by atomic mass is 79.9. The number of hydrogen-bond donors (Lipinski definition) is 1. The summed E-state index contributed by atoms with van der Waals surface area (Å²) in [7, 11) is 0. The van der Waals surface area contributed by atoms with Crippen molar-refractivity contribution in [1.29, 1.82) is 0 Å². The molecule has 1 rings (SSSR count). The van der Waals surface area contributed by atoms with Crippen molar-refractivity contribution in [3.05, 3.63) is 22.7 Å². The molecule has 3 nitrogen and oxygen atoms in total. The zero-order valence-electron chi connectivity index (χ0n) is 10.9. The van der Waals surface area contributed by atoms with Crippen LogP contribution < -0.4 is 5.73 Å². The summed E-state index contributed by atoms with van der Waals surface area (Å²) in [5, 5.41) is -0.117. The number of hydrogen-bond acceptors (Lipinski definition) is 3. The summed E-state index contributed by atoms with van der Waals surface area (Å²) in [4.78, 5) is 14.9. The summed E-state index contributed by atoms with van der Waals surface area (Å²) in [6, 6.07) is 5.74. The summed E-state index contributed by atoms with van der Waals surface area (Å²) in [6.07, 6.45) is 0. The molecule has 0 fully saturated rings. The van der Waals surface area contributed by atoms with E-state index in [0.29, 0.717) is 5.69 Å². The lowest BCUT2D eigenvalue weighted by molar-refractivity contribution is -0.129. The number of thioether (sulfide) groups is 1. The number of rotatable bonds is 5. The molecule has 18 heavy (non-hydrogen) atoms. The van der Waals surface area contributed by atoms with E-state index in [0.717, 1.165) is 22.5 Å². The zero-order valence-corrected chi connectivity index (χ0v) is 13.3. The second kappa shape index (κ2) is 7.04. The van der Waals surface area contributed by atoms with Gasteiger partial charge < -0.3 is 10.6 Å². The monoisotopic (exact) mass is 330 g/mol. The summed E-state index contributed by atoms with van der Waals surface area (Å²) in [5.74, 6) is 0.160. The van der Waals surface area contributed by atoms with Crippen LogP contribution in [-0.2, 0) is 4.79 Å². The molecule has 1 amide bonds. The SMILES string of the molecule is CCN(CC)C(=O)C(C)Sc1ccc(Br)cc1N. The molecule has 0 saturated carbocycles. The van der Waals surface area contributed by atoms with Crippen LogP contribution in [0.3, 0.4) is 0 Å². The van der Waals surface area contributed by atoms with Crippen molar-refractivity contribution in [2.24, 2.45) is 0 Å². The number of carbonyl (C=O) groups excluding carboxylic acids is 1. The van der Waals surface area contributed by atoms with Crippen molar-refractivity contribution in [2.75, 3.05) is 18.8 Å². The minimum atomic E-state index is -0.117. The molecule has 0 heterocycles. The highest BCUT2D eigenvalue weighted by Gasteiger charge is 2.19. The Hall–Kier alpha value is -0.680. The first-order valence-electron chi connectivity index (χ1n) is 6.00. The van der Waals surface area contributed by atoms with Crippen LogP contribution in [0.5, 0.6) is 0 Å². The zero-order chi connectivity index (χ0) is 13.7. The van der Waals surface area contributed by atoms with Gasteiger partial charge in [-0.05, 0) is 39.0 Å². The summed E-state index contributed by atoms with van der Waals surface area (Å²) in [5.41, 5.74) is 6.64. The molecule has 1 aromatic carbocycles. The lowest BCUT2D eigenvalue weighted by Crippen LogP contribution is -2.36. The second-order valence-electron chi connectivity index (χ2n) is 3.95. The van der Waals surface area contributed by atoms with Crippen molar-refractivity contribution in [2.45, 2.75) is 30.9 Å². The largest absolute Gasteiger partial charge is 0.398 e. The molecule has 0 aliphatic carbocycles. The van der Waals surface area contributed by atoms with E-state index < -0.39 is 0 Å². The maximum atomic E-state index is 12.1. The van der Waals surface area contributed by atoms with Gasteiger partial charge in [0.1, 0.15) is 0 Å². The number of halogens is 1. The Bertz CT molecular complexity index is 421. The number of nitrogen functional groups attached to an aromatic ring is 1. The van der Waals surface area contributed by atoms with E-state index in [4.69, 9.17) is 5.73 Å². The molecule has 0 radical (unpaired) electrons. The van der Waals surface area contributed by atoms with Gasteiger partial charge in [0, 0.05) is 28.1 Å². The van der Waals surface area contributed by atoms with Crippen LogP contribution in [-0.4, -0.2) is 29.1 Å². The summed E-state index contributed by atoms with van der Waals surface area (Å²) < 4.78 is 0.951. The number of nitrogens with zero attached hydrogens (tertiary/aromatic N) is 1. The van der Waals surface area contributed by atoms with Gasteiger partial charge in [-0.1, -0.05) is 15.9 Å². The molecular formula is C13H19BrN2OS. The van der Waals surface area contributed by atoms with E-state index in [2.05, 4.69) is 15.9 Å². The van der Waals surface area contributed by atoms with E-state index in [9.17, 15) is 4.79 Å². The Labute approximate surface area is 121 Å². The van der Waals surface area contributed by atoms with Crippen LogP contribution in [0.1, 0.15) is 20.8 Å². The third kappa shape index (κ3) is 3.92. The van der Waals surface area contributed by atoms with Gasteiger partial charge in [-0.3, -0.25) is 4.79 Å². The molecule has 5 heteroatoms. The highest BCUT2D eigenvalue weighted by molar-refractivity contribution is 9.10. The first-order chi connectivity index (χ1) is 8.49. The van der Waals surface area contributed by atoms with Crippen LogP contribution in [0.4, 0.5) is 5.69 Å². The van der Waals surface area contributed by atoms with E-state index in [1.54, 1.807) is 0 Å². The molecule has 2 N–H and O–H groups in total. The first-order valence-corrected chi connectivity index (χ1v) is 7.67. The van der Waals surface area contributed by atoms with E-state index in [-0.39, 0.29) is 11.2 Å². The third-order valence-corrected chi connectivity index (χ3v) is 4.37. The molecule has 1 atom stereocenters. The van der Waals surface area contributed by atoms with Crippen LogP contribution >= 0.6 is 27.7 Å². The van der Waals surface area contributed by atoms with Crippen molar-refractivity contribution in [3.63, 3.8) is 0 Å². The number of amides is 1. The van der Waals surface area contributed by atoms with Crippen molar-refractivity contribution < 1.29 is 4.79 Å². The smallest absolute Gasteiger partial charge is 0.235 e. The fourth-order valence-electron chi connectivity index (χ4n) is 1.66. The van der Waals surface area contributed by atoms with Gasteiger partial charge in [-0.15, -0.1) is 11.8 Å². The summed E-state index contributed by atoms with van der Waals surface area (Å²) in [6.45, 7) is 7.40. The van der Waals surface area contributed by atoms with Crippen molar-refractivity contribution in [3.8, 4) is 0 Å². The van der Waals surface area contributed by atoms with Gasteiger partial charge in [-0.25, -0.2) is 0 Å². The third-order valence-electron chi connectivity index (χ3n) is 2.70. The van der Waals surface area contributed by atoms with Crippen LogP contribution in [0.15, 0.2) is 27.6 Å². The minimum absolute atomic E-state index is 0.117. The maximum Gasteiger partial charge on any atom is 0.235 e. The Morgan fingerprint density at radius 2 is 2.06 bits per heavy atom. The number of benzene rings is 1. The molecule has 0 aliphatic heterocycles. The average Bonchev–Trinajstić information content (AvgIpc) is 2.34. The van der Waals surface area contributed by atoms with Crippen molar-refractivity contribution in [1.82, 2.24) is 4.90 Å². The van der Waals surface area contributed by atoms with Gasteiger partial charge in [-0.2, -0.15) is 0 Å². The van der Waals surface area contributed by atoms with Gasteiger partial charge in [0.2, 0.25) is 5.91 Å². The Morgan fingerprint density at radius 1 is 1.44 bits per heavy atom. The normalized spacial score (nSPS) is 12.2. The van der Waals surface area contributed by atoms with Crippen LogP contribution in [0.2, 0.25) is 0 Å². The van der Waals surface area contributed by atoms with Crippen molar-refractivity contribution >= 4 is 39.3 Å². The van der Waals surface area contributed by atoms with E-state index >= 15 is 0 Å². The fraction of sp³-hybridized carbons (Fsp3) is 0.462. The van der Waals surface area contributed by atoms with Gasteiger partial charge >= 0.3 is 0 Å². The lowest BCUT2D eigenvalue weighted by Gasteiger charge is -2.22. The van der Waals surface area contributed by atoms with Gasteiger partial charge in [0.15, 0.2) is 0 Å². The molecule has 0 bridgehead atoms. The lowest BCUT2D eigenvalue weighted by atomic mass is 10.3. The van der Waals surface area contributed by atoms with Gasteiger partial charge in [0.05, 0.1) is 5.25 Å². The standard InChI is InChI=1S/C13H19BrN2OS/c1-4-16(5-2)13(17)9(3)18-12-7-6-10(14)8-11(12)15/h6-9H,4-5,15H2,1-3H3. The molecule has 0 spiro atoms. The quantitative estimate of drug-likeness (QED) is 0.665. The second-order valence-corrected chi connectivity index (χ2v) is 6.25. The number of anilines is 1. The average molecular weight is 331 g/mol. The molecule has 100 valence electrons. The Kier molecular flexibility index (Phi) is 6.02. The number of carbonyl (C=O) groups is 1. The minimum Gasteiger partial charge on any atom is -0.398 e. The molecule has 0 saturated heterocycles. The topological polar surface area (TPSA) is 46.3 Å². The predicted molar refractivity (Wildman–Crippen MR) is 81.8 cm³/mol. The molecule has 0 aromatic heterocycles. The van der Waals surface area contributed by atoms with E-state index in [1.165, 1.54) is 11.8 Å². The fourth-order valence-corrected chi connectivity index (χ4v) is 3.01. The molecule has 1 unspecified atom stereocenters. The molecular weight excluding hydrogens is 312 g/mol. The molecule has 0 aliphatic rings.